The third kappa shape index (κ3) is 35.7. The molecule has 0 aliphatic rings. The lowest BCUT2D eigenvalue weighted by atomic mass is 9.89. The molecule has 228 valence electrons. The van der Waals surface area contributed by atoms with Gasteiger partial charge in [0.15, 0.2) is 0 Å². The van der Waals surface area contributed by atoms with Crippen molar-refractivity contribution in [3.8, 4) is 0 Å². The van der Waals surface area contributed by atoms with Gasteiger partial charge in [0.2, 0.25) is 0 Å². The Kier molecular flexibility index (Phi) is 31.1. The molecule has 38 heavy (non-hydrogen) atoms. The lowest BCUT2D eigenvalue weighted by Crippen LogP contribution is -2.03. The van der Waals surface area contributed by atoms with Crippen LogP contribution in [0, 0.1) is 5.41 Å². The summed E-state index contributed by atoms with van der Waals surface area (Å²) < 4.78 is 0. The van der Waals surface area contributed by atoms with Gasteiger partial charge in [-0.1, -0.05) is 213 Å². The van der Waals surface area contributed by atoms with Crippen LogP contribution >= 0.6 is 0 Å². The lowest BCUT2D eigenvalue weighted by Gasteiger charge is -2.17. The van der Waals surface area contributed by atoms with E-state index in [-0.39, 0.29) is 0 Å². The summed E-state index contributed by atoms with van der Waals surface area (Å²) >= 11 is 0. The second-order valence-corrected chi connectivity index (χ2v) is 14.0. The minimum atomic E-state index is 0.532. The Labute approximate surface area is 244 Å². The summed E-state index contributed by atoms with van der Waals surface area (Å²) in [5, 5.41) is 0. The van der Waals surface area contributed by atoms with Gasteiger partial charge < -0.3 is 0 Å². The van der Waals surface area contributed by atoms with E-state index in [2.05, 4.69) is 33.4 Å². The fraction of sp³-hybridized carbons (Fsp3) is 0.947. The molecule has 0 fully saturated rings. The third-order valence-corrected chi connectivity index (χ3v) is 8.59. The molecular weight excluding hydrogens is 456 g/mol. The van der Waals surface area contributed by atoms with Crippen LogP contribution in [0.5, 0.6) is 0 Å². The van der Waals surface area contributed by atoms with Crippen molar-refractivity contribution in [2.75, 3.05) is 0 Å². The van der Waals surface area contributed by atoms with Crippen LogP contribution in [0.3, 0.4) is 0 Å². The van der Waals surface area contributed by atoms with Gasteiger partial charge in [0.1, 0.15) is 0 Å². The van der Waals surface area contributed by atoms with Gasteiger partial charge >= 0.3 is 0 Å². The molecule has 0 rings (SSSR count). The Morgan fingerprint density at radius 2 is 0.500 bits per heavy atom. The van der Waals surface area contributed by atoms with Crippen molar-refractivity contribution in [2.45, 2.75) is 226 Å². The summed E-state index contributed by atoms with van der Waals surface area (Å²) in [6.45, 7) is 10.9. The van der Waals surface area contributed by atoms with Gasteiger partial charge in [-0.2, -0.15) is 0 Å². The zero-order chi connectivity index (χ0) is 27.8. The highest BCUT2D eigenvalue weighted by molar-refractivity contribution is 4.65. The third-order valence-electron chi connectivity index (χ3n) is 8.59. The standard InChI is InChI=1S/C38H76/c1-5-6-7-8-9-10-11-12-13-14-15-16-17-18-19-20-21-22-23-24-25-26-27-28-29-30-31-32-33-34-35-36-37-38(2,3)4/h5H,1,6-37H2,2-4H3. The first-order valence-corrected chi connectivity index (χ1v) is 18.2. The monoisotopic (exact) mass is 533 g/mol. The summed E-state index contributed by atoms with van der Waals surface area (Å²) in [5.41, 5.74) is 0.532. The number of unbranched alkanes of at least 4 members (excludes halogenated alkanes) is 30. The lowest BCUT2D eigenvalue weighted by molar-refractivity contribution is 0.356. The maximum atomic E-state index is 3.80. The molecule has 0 spiro atoms. The van der Waals surface area contributed by atoms with E-state index >= 15 is 0 Å². The van der Waals surface area contributed by atoms with Crippen molar-refractivity contribution in [2.24, 2.45) is 5.41 Å². The minimum Gasteiger partial charge on any atom is -0.103 e. The molecule has 0 aromatic heterocycles. The van der Waals surface area contributed by atoms with Gasteiger partial charge in [-0.25, -0.2) is 0 Å². The average Bonchev–Trinajstić information content (AvgIpc) is 2.88. The van der Waals surface area contributed by atoms with Crippen LogP contribution in [-0.2, 0) is 0 Å². The van der Waals surface area contributed by atoms with Crippen molar-refractivity contribution in [1.82, 2.24) is 0 Å². The molecule has 0 saturated heterocycles. The molecular formula is C38H76. The topological polar surface area (TPSA) is 0 Å². The Balaban J connectivity index is 3.04. The number of allylic oxidation sites excluding steroid dienone is 1. The number of hydrogen-bond donors (Lipinski definition) is 0. The van der Waals surface area contributed by atoms with Crippen LogP contribution < -0.4 is 0 Å². The molecule has 0 aliphatic heterocycles. The summed E-state index contributed by atoms with van der Waals surface area (Å²) in [5.74, 6) is 0. The van der Waals surface area contributed by atoms with Crippen molar-refractivity contribution >= 4 is 0 Å². The van der Waals surface area contributed by atoms with E-state index in [1.54, 1.807) is 0 Å². The normalized spacial score (nSPS) is 11.9. The van der Waals surface area contributed by atoms with Crippen molar-refractivity contribution in [1.29, 1.82) is 0 Å². The zero-order valence-electron chi connectivity index (χ0n) is 27.4. The highest BCUT2D eigenvalue weighted by Crippen LogP contribution is 2.23. The smallest absolute Gasteiger partial charge is 0.0353 e. The highest BCUT2D eigenvalue weighted by atomic mass is 14.1. The van der Waals surface area contributed by atoms with Gasteiger partial charge in [-0.05, 0) is 24.7 Å². The largest absolute Gasteiger partial charge is 0.103 e. The molecule has 0 unspecified atom stereocenters. The van der Waals surface area contributed by atoms with Crippen LogP contribution in [0.15, 0.2) is 12.7 Å². The van der Waals surface area contributed by atoms with Crippen LogP contribution in [0.2, 0.25) is 0 Å². The van der Waals surface area contributed by atoms with E-state index in [9.17, 15) is 0 Å². The van der Waals surface area contributed by atoms with Crippen LogP contribution in [-0.4, -0.2) is 0 Å². The van der Waals surface area contributed by atoms with Gasteiger partial charge in [0.25, 0.3) is 0 Å². The van der Waals surface area contributed by atoms with Gasteiger partial charge in [-0.15, -0.1) is 6.58 Å². The quantitative estimate of drug-likeness (QED) is 0.0596. The second-order valence-electron chi connectivity index (χ2n) is 14.0. The molecule has 0 aromatic rings. The van der Waals surface area contributed by atoms with E-state index in [1.165, 1.54) is 205 Å². The fourth-order valence-electron chi connectivity index (χ4n) is 5.89. The number of hydrogen-bond acceptors (Lipinski definition) is 0. The van der Waals surface area contributed by atoms with E-state index in [0.29, 0.717) is 5.41 Å². The Morgan fingerprint density at radius 3 is 0.684 bits per heavy atom. The molecule has 0 aliphatic carbocycles. The fourth-order valence-corrected chi connectivity index (χ4v) is 5.89. The van der Waals surface area contributed by atoms with Gasteiger partial charge in [0.05, 0.1) is 0 Å². The van der Waals surface area contributed by atoms with Gasteiger partial charge in [0, 0.05) is 0 Å². The Bertz CT molecular complexity index is 428. The SMILES string of the molecule is C=CCCCCCCCCCCCCCCCCCCCCCCCCCCCCCCCCC(C)(C)C. The zero-order valence-corrected chi connectivity index (χ0v) is 27.4. The number of rotatable bonds is 32. The first-order chi connectivity index (χ1) is 18.6. The van der Waals surface area contributed by atoms with Crippen LogP contribution in [0.1, 0.15) is 226 Å². The van der Waals surface area contributed by atoms with Crippen molar-refractivity contribution in [3.63, 3.8) is 0 Å². The molecule has 0 nitrogen and oxygen atoms in total. The average molecular weight is 533 g/mol. The summed E-state index contributed by atoms with van der Waals surface area (Å²) in [6, 6.07) is 0. The second kappa shape index (κ2) is 31.3. The molecule has 0 saturated carbocycles. The van der Waals surface area contributed by atoms with E-state index < -0.39 is 0 Å². The molecule has 0 radical (unpaired) electrons. The molecule has 0 amide bonds. The van der Waals surface area contributed by atoms with Gasteiger partial charge in [-0.3, -0.25) is 0 Å². The summed E-state index contributed by atoms with van der Waals surface area (Å²) in [6.07, 6.45) is 48.8. The first kappa shape index (κ1) is 37.7. The molecule has 0 heteroatoms. The maximum Gasteiger partial charge on any atom is -0.0353 e. The molecule has 0 atom stereocenters. The predicted octanol–water partition coefficient (Wildman–Crippen LogP) is 14.7. The minimum absolute atomic E-state index is 0.532. The molecule has 0 N–H and O–H groups in total. The van der Waals surface area contributed by atoms with Crippen LogP contribution in [0.4, 0.5) is 0 Å². The Hall–Kier alpha value is -0.260. The van der Waals surface area contributed by atoms with E-state index in [4.69, 9.17) is 0 Å². The first-order valence-electron chi connectivity index (χ1n) is 18.2. The summed E-state index contributed by atoms with van der Waals surface area (Å²) in [7, 11) is 0. The van der Waals surface area contributed by atoms with Crippen molar-refractivity contribution in [3.05, 3.63) is 12.7 Å². The molecule has 0 bridgehead atoms. The maximum absolute atomic E-state index is 3.80. The molecule has 0 heterocycles. The summed E-state index contributed by atoms with van der Waals surface area (Å²) in [4.78, 5) is 0. The van der Waals surface area contributed by atoms with Crippen molar-refractivity contribution < 1.29 is 0 Å². The Morgan fingerprint density at radius 1 is 0.316 bits per heavy atom. The van der Waals surface area contributed by atoms with E-state index in [0.717, 1.165) is 0 Å². The highest BCUT2D eigenvalue weighted by Gasteiger charge is 2.08. The van der Waals surface area contributed by atoms with E-state index in [1.807, 2.05) is 0 Å². The predicted molar refractivity (Wildman–Crippen MR) is 177 cm³/mol. The molecule has 0 aromatic carbocycles. The van der Waals surface area contributed by atoms with Crippen LogP contribution in [0.25, 0.3) is 0 Å².